The molecule has 0 saturated carbocycles. The molecule has 0 fully saturated rings. The standard InChI is InChI=1S/C22H19NO5S2/c24-20(21-9-4-12-29-21)15-28-22(25)17-7-3-8-19(13-17)30(26,27)23-11-10-16-5-1-2-6-18(16)14-23/h1-9,12-13H,10-11,14-15H2. The van der Waals surface area contributed by atoms with Gasteiger partial charge in [-0.1, -0.05) is 36.4 Å². The molecule has 4 rings (SSSR count). The van der Waals surface area contributed by atoms with Crippen LogP contribution in [0.25, 0.3) is 0 Å². The van der Waals surface area contributed by atoms with Gasteiger partial charge in [-0.15, -0.1) is 11.3 Å². The van der Waals surface area contributed by atoms with Crippen LogP contribution in [0.15, 0.2) is 70.9 Å². The van der Waals surface area contributed by atoms with Crippen molar-refractivity contribution in [3.63, 3.8) is 0 Å². The van der Waals surface area contributed by atoms with Gasteiger partial charge in [0.1, 0.15) is 0 Å². The number of sulfonamides is 1. The minimum atomic E-state index is -3.77. The molecule has 0 radical (unpaired) electrons. The molecule has 8 heteroatoms. The molecule has 0 N–H and O–H groups in total. The molecule has 1 aliphatic rings. The molecule has 0 amide bonds. The number of hydrogen-bond acceptors (Lipinski definition) is 6. The summed E-state index contributed by atoms with van der Waals surface area (Å²) in [5, 5.41) is 1.77. The molecule has 30 heavy (non-hydrogen) atoms. The lowest BCUT2D eigenvalue weighted by molar-refractivity contribution is 0.0475. The highest BCUT2D eigenvalue weighted by Crippen LogP contribution is 2.25. The van der Waals surface area contributed by atoms with Gasteiger partial charge in [0, 0.05) is 13.1 Å². The fraction of sp³-hybridized carbons (Fsp3) is 0.182. The molecular weight excluding hydrogens is 422 g/mol. The number of benzene rings is 2. The Kier molecular flexibility index (Phi) is 5.80. The van der Waals surface area contributed by atoms with E-state index in [4.69, 9.17) is 4.74 Å². The van der Waals surface area contributed by atoms with Crippen LogP contribution in [-0.4, -0.2) is 37.6 Å². The summed E-state index contributed by atoms with van der Waals surface area (Å²) in [6.45, 7) is 0.283. The second kappa shape index (κ2) is 8.51. The first-order valence-corrected chi connectivity index (χ1v) is 11.7. The topological polar surface area (TPSA) is 80.8 Å². The highest BCUT2D eigenvalue weighted by molar-refractivity contribution is 7.89. The fourth-order valence-corrected chi connectivity index (χ4v) is 5.45. The van der Waals surface area contributed by atoms with Gasteiger partial charge in [0.2, 0.25) is 15.8 Å². The van der Waals surface area contributed by atoms with Crippen LogP contribution < -0.4 is 0 Å². The second-order valence-electron chi connectivity index (χ2n) is 6.86. The van der Waals surface area contributed by atoms with Gasteiger partial charge in [-0.05, 0) is 47.2 Å². The normalized spacial score (nSPS) is 14.1. The van der Waals surface area contributed by atoms with Crippen LogP contribution in [-0.2, 0) is 27.7 Å². The summed E-state index contributed by atoms with van der Waals surface area (Å²) in [5.41, 5.74) is 2.22. The van der Waals surface area contributed by atoms with Crippen molar-refractivity contribution in [3.8, 4) is 0 Å². The molecule has 1 aromatic heterocycles. The number of esters is 1. The van der Waals surface area contributed by atoms with E-state index in [-0.39, 0.29) is 22.8 Å². The maximum absolute atomic E-state index is 13.1. The lowest BCUT2D eigenvalue weighted by Crippen LogP contribution is -2.36. The van der Waals surface area contributed by atoms with Crippen molar-refractivity contribution in [2.24, 2.45) is 0 Å². The second-order valence-corrected chi connectivity index (χ2v) is 9.75. The molecule has 6 nitrogen and oxygen atoms in total. The Balaban J connectivity index is 1.48. The number of rotatable bonds is 6. The van der Waals surface area contributed by atoms with Crippen molar-refractivity contribution >= 4 is 33.1 Å². The number of nitrogens with zero attached hydrogens (tertiary/aromatic N) is 1. The quantitative estimate of drug-likeness (QED) is 0.432. The Hall–Kier alpha value is -2.81. The van der Waals surface area contributed by atoms with Gasteiger partial charge in [0.05, 0.1) is 15.3 Å². The zero-order valence-corrected chi connectivity index (χ0v) is 17.6. The molecule has 3 aromatic rings. The van der Waals surface area contributed by atoms with Crippen molar-refractivity contribution < 1.29 is 22.7 Å². The van der Waals surface area contributed by atoms with Gasteiger partial charge in [-0.3, -0.25) is 4.79 Å². The van der Waals surface area contributed by atoms with Crippen molar-refractivity contribution in [2.45, 2.75) is 17.9 Å². The van der Waals surface area contributed by atoms with Gasteiger partial charge in [-0.25, -0.2) is 13.2 Å². The highest BCUT2D eigenvalue weighted by Gasteiger charge is 2.28. The van der Waals surface area contributed by atoms with E-state index in [0.717, 1.165) is 11.1 Å². The molecule has 0 atom stereocenters. The number of carbonyl (C=O) groups is 2. The molecule has 2 heterocycles. The van der Waals surface area contributed by atoms with E-state index in [1.807, 2.05) is 24.3 Å². The molecule has 0 saturated heterocycles. The third kappa shape index (κ3) is 4.21. The van der Waals surface area contributed by atoms with Crippen LogP contribution in [0.1, 0.15) is 31.2 Å². The van der Waals surface area contributed by atoms with Crippen LogP contribution in [0.5, 0.6) is 0 Å². The molecule has 1 aliphatic heterocycles. The Morgan fingerprint density at radius 2 is 1.80 bits per heavy atom. The summed E-state index contributed by atoms with van der Waals surface area (Å²) in [6.07, 6.45) is 0.641. The molecule has 0 aliphatic carbocycles. The van der Waals surface area contributed by atoms with E-state index in [9.17, 15) is 18.0 Å². The molecule has 0 bridgehead atoms. The first-order chi connectivity index (χ1) is 14.4. The van der Waals surface area contributed by atoms with Crippen LogP contribution in [0.2, 0.25) is 0 Å². The van der Waals surface area contributed by atoms with Crippen molar-refractivity contribution in [1.82, 2.24) is 4.31 Å². The SMILES string of the molecule is O=C(OCC(=O)c1cccs1)c1cccc(S(=O)(=O)N2CCc3ccccc3C2)c1. The third-order valence-corrected chi connectivity index (χ3v) is 7.69. The van der Waals surface area contributed by atoms with E-state index < -0.39 is 16.0 Å². The lowest BCUT2D eigenvalue weighted by atomic mass is 10.0. The van der Waals surface area contributed by atoms with E-state index >= 15 is 0 Å². The number of fused-ring (bicyclic) bond motifs is 1. The molecule has 2 aromatic carbocycles. The zero-order chi connectivity index (χ0) is 21.1. The summed E-state index contributed by atoms with van der Waals surface area (Å²) in [5.74, 6) is -1.03. The largest absolute Gasteiger partial charge is 0.454 e. The van der Waals surface area contributed by atoms with Gasteiger partial charge in [0.15, 0.2) is 6.61 Å². The van der Waals surface area contributed by atoms with Crippen LogP contribution in [0, 0.1) is 0 Å². The number of Topliss-reactive ketones (excluding diaryl/α,β-unsaturated/α-hetero) is 1. The van der Waals surface area contributed by atoms with Gasteiger partial charge < -0.3 is 4.74 Å². The first-order valence-electron chi connectivity index (χ1n) is 9.36. The van der Waals surface area contributed by atoms with Crippen LogP contribution in [0.3, 0.4) is 0 Å². The van der Waals surface area contributed by atoms with E-state index in [0.29, 0.717) is 24.4 Å². The number of ether oxygens (including phenoxy) is 1. The zero-order valence-electron chi connectivity index (χ0n) is 16.0. The minimum absolute atomic E-state index is 0.0286. The number of thiophene rings is 1. The third-order valence-electron chi connectivity index (χ3n) is 4.93. The van der Waals surface area contributed by atoms with Crippen molar-refractivity contribution in [3.05, 3.63) is 87.6 Å². The Morgan fingerprint density at radius 1 is 1.00 bits per heavy atom. The summed E-state index contributed by atoms with van der Waals surface area (Å²) in [4.78, 5) is 24.9. The van der Waals surface area contributed by atoms with Crippen molar-refractivity contribution in [2.75, 3.05) is 13.2 Å². The highest BCUT2D eigenvalue weighted by atomic mass is 32.2. The van der Waals surface area contributed by atoms with E-state index in [1.54, 1.807) is 17.5 Å². The Labute approximate surface area is 178 Å². The lowest BCUT2D eigenvalue weighted by Gasteiger charge is -2.28. The molecule has 0 spiro atoms. The maximum atomic E-state index is 13.1. The van der Waals surface area contributed by atoms with Crippen molar-refractivity contribution in [1.29, 1.82) is 0 Å². The Bertz CT molecular complexity index is 1190. The van der Waals surface area contributed by atoms with Crippen LogP contribution in [0.4, 0.5) is 0 Å². The number of ketones is 1. The van der Waals surface area contributed by atoms with Gasteiger partial charge >= 0.3 is 5.97 Å². The smallest absolute Gasteiger partial charge is 0.338 e. The first kappa shape index (κ1) is 20.5. The summed E-state index contributed by atoms with van der Waals surface area (Å²) in [7, 11) is -3.77. The summed E-state index contributed by atoms with van der Waals surface area (Å²) in [6, 6.07) is 16.9. The van der Waals surface area contributed by atoms with Gasteiger partial charge in [-0.2, -0.15) is 4.31 Å². The average Bonchev–Trinajstić information content (AvgIpc) is 3.32. The number of hydrogen-bond donors (Lipinski definition) is 0. The summed E-state index contributed by atoms with van der Waals surface area (Å²) >= 11 is 1.27. The van der Waals surface area contributed by atoms with Crippen LogP contribution >= 0.6 is 11.3 Å². The average molecular weight is 442 g/mol. The molecule has 154 valence electrons. The van der Waals surface area contributed by atoms with E-state index in [1.165, 1.54) is 39.9 Å². The monoisotopic (exact) mass is 441 g/mol. The predicted molar refractivity (Wildman–Crippen MR) is 113 cm³/mol. The minimum Gasteiger partial charge on any atom is -0.454 e. The van der Waals surface area contributed by atoms with E-state index in [2.05, 4.69) is 0 Å². The summed E-state index contributed by atoms with van der Waals surface area (Å²) < 4.78 is 32.7. The predicted octanol–water partition coefficient (Wildman–Crippen LogP) is 3.53. The Morgan fingerprint density at radius 3 is 2.57 bits per heavy atom. The fourth-order valence-electron chi connectivity index (χ4n) is 3.33. The van der Waals surface area contributed by atoms with Gasteiger partial charge in [0.25, 0.3) is 0 Å². The molecular formula is C22H19NO5S2. The molecule has 0 unspecified atom stereocenters. The number of carbonyl (C=O) groups excluding carboxylic acids is 2. The maximum Gasteiger partial charge on any atom is 0.338 e.